The molecule has 0 heterocycles. The lowest BCUT2D eigenvalue weighted by Crippen LogP contribution is -2.30. The molecule has 6 N–H and O–H groups in total. The first-order valence-electron chi connectivity index (χ1n) is 7.77. The third-order valence-corrected chi connectivity index (χ3v) is 3.88. The maximum atomic E-state index is 11.0. The fourth-order valence-electron chi connectivity index (χ4n) is 1.71. The summed E-state index contributed by atoms with van der Waals surface area (Å²) in [5.41, 5.74) is 5.86. The minimum Gasteiger partial charge on any atom is -0.423 e. The van der Waals surface area contributed by atoms with Crippen LogP contribution in [0.4, 0.5) is 0 Å². The lowest BCUT2D eigenvalue weighted by Gasteiger charge is -2.00. The summed E-state index contributed by atoms with van der Waals surface area (Å²) in [6.45, 7) is 4.00. The van der Waals surface area contributed by atoms with Gasteiger partial charge in [0.25, 0.3) is 0 Å². The second-order valence-corrected chi connectivity index (χ2v) is 6.14. The van der Waals surface area contributed by atoms with Gasteiger partial charge in [0.05, 0.1) is 0 Å². The van der Waals surface area contributed by atoms with E-state index in [2.05, 4.69) is 0 Å². The average molecular weight is 379 g/mol. The molecule has 10 heteroatoms. The molecule has 0 saturated heterocycles. The first-order valence-corrected chi connectivity index (χ1v) is 9.33. The zero-order valence-electron chi connectivity index (χ0n) is 14.9. The van der Waals surface area contributed by atoms with Crippen molar-refractivity contribution in [1.82, 2.24) is 0 Å². The van der Waals surface area contributed by atoms with E-state index >= 15 is 0 Å². The molecule has 0 spiro atoms. The van der Waals surface area contributed by atoms with Crippen LogP contribution in [0.2, 0.25) is 0 Å². The highest BCUT2D eigenvalue weighted by molar-refractivity contribution is 7.84. The second-order valence-electron chi connectivity index (χ2n) is 4.76. The van der Waals surface area contributed by atoms with Crippen molar-refractivity contribution >= 4 is 41.9 Å². The van der Waals surface area contributed by atoms with E-state index in [1.54, 1.807) is 24.5 Å². The Hall–Kier alpha value is -1.97. The van der Waals surface area contributed by atoms with Crippen molar-refractivity contribution in [1.29, 1.82) is 0 Å². The highest BCUT2D eigenvalue weighted by atomic mass is 32.2. The van der Waals surface area contributed by atoms with Crippen LogP contribution in [0.3, 0.4) is 0 Å². The van der Waals surface area contributed by atoms with Crippen molar-refractivity contribution in [3.63, 3.8) is 0 Å². The topological polar surface area (TPSA) is 141 Å². The van der Waals surface area contributed by atoms with Crippen LogP contribution in [0.15, 0.2) is 53.4 Å². The summed E-state index contributed by atoms with van der Waals surface area (Å²) in [4.78, 5) is 11.2. The van der Waals surface area contributed by atoms with Crippen molar-refractivity contribution in [3.05, 3.63) is 54.1 Å². The van der Waals surface area contributed by atoms with Crippen molar-refractivity contribution < 1.29 is 29.1 Å². The van der Waals surface area contributed by atoms with Gasteiger partial charge in [-0.3, -0.25) is 9.00 Å². The van der Waals surface area contributed by atoms with E-state index in [-0.39, 0.29) is 11.0 Å². The minimum absolute atomic E-state index is 0.256. The normalized spacial score (nSPS) is 10.4. The van der Waals surface area contributed by atoms with Gasteiger partial charge < -0.3 is 25.8 Å². The van der Waals surface area contributed by atoms with Gasteiger partial charge in [0.15, 0.2) is 0 Å². The van der Waals surface area contributed by atoms with E-state index in [1.807, 2.05) is 13.8 Å². The highest BCUT2D eigenvalue weighted by Gasteiger charge is 2.12. The molecule has 0 fully saturated rings. The van der Waals surface area contributed by atoms with Gasteiger partial charge >= 0.3 is 14.2 Å². The van der Waals surface area contributed by atoms with E-state index in [0.717, 1.165) is 0 Å². The van der Waals surface area contributed by atoms with Crippen molar-refractivity contribution in [3.8, 4) is 0 Å². The molecule has 0 radical (unpaired) electrons. The van der Waals surface area contributed by atoms with Crippen LogP contribution < -0.4 is 16.7 Å². The molecule has 0 saturated carbocycles. The van der Waals surface area contributed by atoms with E-state index in [0.29, 0.717) is 10.4 Å². The first-order chi connectivity index (χ1) is 12.2. The van der Waals surface area contributed by atoms with Gasteiger partial charge in [0, 0.05) is 27.5 Å². The lowest BCUT2D eigenvalue weighted by molar-refractivity contribution is 0.100. The molecule has 7 nitrogen and oxygen atoms in total. The molecule has 0 aliphatic heterocycles. The van der Waals surface area contributed by atoms with E-state index < -0.39 is 30.9 Å². The smallest absolute Gasteiger partial charge is 0.423 e. The Labute approximate surface area is 156 Å². The monoisotopic (exact) mass is 379 g/mol. The molecule has 0 aromatic heterocycles. The Morgan fingerprint density at radius 2 is 1.38 bits per heavy atom. The number of primary amides is 1. The number of hydrogen-bond acceptors (Lipinski definition) is 6. The maximum Gasteiger partial charge on any atom is 0.488 e. The van der Waals surface area contributed by atoms with Crippen molar-refractivity contribution in [2.45, 2.75) is 18.7 Å². The first kappa shape index (κ1) is 24.0. The van der Waals surface area contributed by atoms with Crippen LogP contribution in [-0.4, -0.2) is 50.7 Å². The SMILES string of the molecule is CC.CS(=O)c1cccc(B(O)O)c1.NC(=O)c1cccc(B(O)O)c1. The third-order valence-electron chi connectivity index (χ3n) is 2.96. The summed E-state index contributed by atoms with van der Waals surface area (Å²) in [5.74, 6) is -0.586. The Morgan fingerprint density at radius 1 is 0.923 bits per heavy atom. The Kier molecular flexibility index (Phi) is 11.5. The van der Waals surface area contributed by atoms with Crippen LogP contribution in [0, 0.1) is 0 Å². The fourth-order valence-corrected chi connectivity index (χ4v) is 2.28. The second kappa shape index (κ2) is 12.4. The Morgan fingerprint density at radius 3 is 1.81 bits per heavy atom. The number of benzene rings is 2. The maximum absolute atomic E-state index is 11.0. The third kappa shape index (κ3) is 8.41. The predicted octanol–water partition coefficient (Wildman–Crippen LogP) is -1.40. The van der Waals surface area contributed by atoms with Gasteiger partial charge in [-0.2, -0.15) is 0 Å². The standard InChI is InChI=1S/C7H8BNO3.C7H9BO3S.C2H6/c9-7(10)5-2-1-3-6(4-5)8(11)12;1-12(11)7-4-2-3-6(5-7)8(9)10;1-2/h1-4,11-12H,(H2,9,10);2-5,9-10H,1H3;1-2H3. The molecule has 2 aromatic carbocycles. The van der Waals surface area contributed by atoms with Crippen LogP contribution in [0.5, 0.6) is 0 Å². The summed E-state index contributed by atoms with van der Waals surface area (Å²) in [6.07, 6.45) is 1.54. The lowest BCUT2D eigenvalue weighted by atomic mass is 9.79. The summed E-state index contributed by atoms with van der Waals surface area (Å²) >= 11 is 0. The molecular weight excluding hydrogens is 356 g/mol. The molecule has 0 aliphatic carbocycles. The average Bonchev–Trinajstić information content (AvgIpc) is 2.64. The summed E-state index contributed by atoms with van der Waals surface area (Å²) in [7, 11) is -4.14. The predicted molar refractivity (Wildman–Crippen MR) is 105 cm³/mol. The number of rotatable bonds is 4. The van der Waals surface area contributed by atoms with Gasteiger partial charge in [0.2, 0.25) is 5.91 Å². The fraction of sp³-hybridized carbons (Fsp3) is 0.188. The quantitative estimate of drug-likeness (QED) is 0.414. The summed E-state index contributed by atoms with van der Waals surface area (Å²) in [6, 6.07) is 12.3. The number of carbonyl (C=O) groups excluding carboxylic acids is 1. The van der Waals surface area contributed by atoms with Crippen molar-refractivity contribution in [2.75, 3.05) is 6.26 Å². The Balaban J connectivity index is 0.000000439. The summed E-state index contributed by atoms with van der Waals surface area (Å²) < 4.78 is 11.0. The van der Waals surface area contributed by atoms with Crippen LogP contribution >= 0.6 is 0 Å². The number of hydrogen-bond donors (Lipinski definition) is 5. The van der Waals surface area contributed by atoms with Crippen molar-refractivity contribution in [2.24, 2.45) is 5.73 Å². The minimum atomic E-state index is -1.57. The highest BCUT2D eigenvalue weighted by Crippen LogP contribution is 2.01. The summed E-state index contributed by atoms with van der Waals surface area (Å²) in [5, 5.41) is 35.0. The van der Waals surface area contributed by atoms with Crippen LogP contribution in [-0.2, 0) is 10.8 Å². The van der Waals surface area contributed by atoms with Gasteiger partial charge in [-0.1, -0.05) is 38.1 Å². The molecule has 1 unspecified atom stereocenters. The van der Waals surface area contributed by atoms with E-state index in [4.69, 9.17) is 25.8 Å². The molecule has 1 amide bonds. The number of nitrogens with two attached hydrogens (primary N) is 1. The number of amides is 1. The van der Waals surface area contributed by atoms with E-state index in [1.165, 1.54) is 30.3 Å². The molecule has 26 heavy (non-hydrogen) atoms. The molecule has 140 valence electrons. The molecule has 2 rings (SSSR count). The molecule has 0 aliphatic rings. The van der Waals surface area contributed by atoms with Gasteiger partial charge in [0.1, 0.15) is 0 Å². The van der Waals surface area contributed by atoms with Crippen LogP contribution in [0.25, 0.3) is 0 Å². The van der Waals surface area contributed by atoms with E-state index in [9.17, 15) is 9.00 Å². The molecule has 0 bridgehead atoms. The van der Waals surface area contributed by atoms with Gasteiger partial charge in [-0.15, -0.1) is 0 Å². The van der Waals surface area contributed by atoms with Gasteiger partial charge in [-0.05, 0) is 35.2 Å². The molecule has 2 aromatic rings. The Bertz CT molecular complexity index is 666. The largest absolute Gasteiger partial charge is 0.488 e. The zero-order valence-corrected chi connectivity index (χ0v) is 15.7. The molecular formula is C16H23B2NO6S. The zero-order chi connectivity index (χ0) is 20.3. The van der Waals surface area contributed by atoms with Crippen LogP contribution in [0.1, 0.15) is 24.2 Å². The van der Waals surface area contributed by atoms with Gasteiger partial charge in [-0.25, -0.2) is 0 Å². The molecule has 1 atom stereocenters. The number of carbonyl (C=O) groups is 1.